The van der Waals surface area contributed by atoms with E-state index in [0.717, 1.165) is 16.3 Å². The number of aromatic nitrogens is 4. The fraction of sp³-hybridized carbons (Fsp3) is 0.294. The van der Waals surface area contributed by atoms with E-state index < -0.39 is 0 Å². The van der Waals surface area contributed by atoms with Crippen LogP contribution in [-0.4, -0.2) is 25.8 Å². The van der Waals surface area contributed by atoms with Crippen LogP contribution in [0.2, 0.25) is 0 Å². The van der Waals surface area contributed by atoms with Gasteiger partial charge in [-0.05, 0) is 37.5 Å². The first-order valence-electron chi connectivity index (χ1n) is 8.18. The summed E-state index contributed by atoms with van der Waals surface area (Å²) < 4.78 is 1.93. The SMILES string of the molecule is C[C@H](NC(=O)Nc1nnc(C2CC2)s1)c1ccc(-n2ccnc2)cc1. The van der Waals surface area contributed by atoms with Crippen LogP contribution in [0, 0.1) is 0 Å². The van der Waals surface area contributed by atoms with Crippen LogP contribution < -0.4 is 10.6 Å². The molecule has 0 unspecified atom stereocenters. The summed E-state index contributed by atoms with van der Waals surface area (Å²) in [5.41, 5.74) is 2.05. The van der Waals surface area contributed by atoms with E-state index in [1.165, 1.54) is 24.2 Å². The minimum absolute atomic E-state index is 0.118. The largest absolute Gasteiger partial charge is 0.331 e. The number of amides is 2. The quantitative estimate of drug-likeness (QED) is 0.734. The normalized spacial score (nSPS) is 14.9. The second-order valence-electron chi connectivity index (χ2n) is 6.10. The van der Waals surface area contributed by atoms with Crippen molar-refractivity contribution in [2.45, 2.75) is 31.7 Å². The molecule has 2 aromatic heterocycles. The first-order chi connectivity index (χ1) is 12.2. The van der Waals surface area contributed by atoms with Crippen LogP contribution in [0.3, 0.4) is 0 Å². The second-order valence-corrected chi connectivity index (χ2v) is 7.11. The molecule has 0 radical (unpaired) electrons. The summed E-state index contributed by atoms with van der Waals surface area (Å²) in [6.07, 6.45) is 7.73. The van der Waals surface area contributed by atoms with Gasteiger partial charge in [-0.25, -0.2) is 9.78 Å². The molecule has 0 saturated heterocycles. The number of imidazole rings is 1. The lowest BCUT2D eigenvalue weighted by Gasteiger charge is -2.14. The molecule has 1 aliphatic carbocycles. The highest BCUT2D eigenvalue weighted by Crippen LogP contribution is 2.42. The number of hydrogen-bond donors (Lipinski definition) is 2. The van der Waals surface area contributed by atoms with E-state index in [9.17, 15) is 4.79 Å². The van der Waals surface area contributed by atoms with Gasteiger partial charge >= 0.3 is 6.03 Å². The molecule has 0 bridgehead atoms. The number of carbonyl (C=O) groups is 1. The van der Waals surface area contributed by atoms with Crippen molar-refractivity contribution in [3.63, 3.8) is 0 Å². The van der Waals surface area contributed by atoms with Gasteiger partial charge in [-0.1, -0.05) is 23.5 Å². The van der Waals surface area contributed by atoms with Crippen LogP contribution in [0.15, 0.2) is 43.0 Å². The molecule has 0 aliphatic heterocycles. The lowest BCUT2D eigenvalue weighted by atomic mass is 10.1. The molecule has 1 fully saturated rings. The van der Waals surface area contributed by atoms with Crippen LogP contribution >= 0.6 is 11.3 Å². The van der Waals surface area contributed by atoms with Crippen LogP contribution in [0.1, 0.15) is 42.3 Å². The topological polar surface area (TPSA) is 84.7 Å². The van der Waals surface area contributed by atoms with Crippen LogP contribution in [0.5, 0.6) is 0 Å². The van der Waals surface area contributed by atoms with E-state index in [0.29, 0.717) is 11.0 Å². The zero-order chi connectivity index (χ0) is 17.2. The minimum Gasteiger partial charge on any atom is -0.331 e. The summed E-state index contributed by atoms with van der Waals surface area (Å²) in [7, 11) is 0. The van der Waals surface area contributed by atoms with Gasteiger partial charge in [0, 0.05) is 24.0 Å². The molecule has 4 rings (SSSR count). The molecule has 7 nitrogen and oxygen atoms in total. The Balaban J connectivity index is 1.35. The highest BCUT2D eigenvalue weighted by atomic mass is 32.1. The molecule has 25 heavy (non-hydrogen) atoms. The molecule has 2 heterocycles. The Morgan fingerprint density at radius 1 is 1.28 bits per heavy atom. The van der Waals surface area contributed by atoms with Crippen molar-refractivity contribution in [3.05, 3.63) is 53.6 Å². The average Bonchev–Trinajstić information content (AvgIpc) is 3.12. The number of urea groups is 1. The van der Waals surface area contributed by atoms with Crippen LogP contribution in [-0.2, 0) is 0 Å². The van der Waals surface area contributed by atoms with Crippen LogP contribution in [0.4, 0.5) is 9.93 Å². The maximum absolute atomic E-state index is 12.1. The van der Waals surface area contributed by atoms with E-state index in [2.05, 4.69) is 25.8 Å². The molecule has 3 aromatic rings. The van der Waals surface area contributed by atoms with Gasteiger partial charge in [0.25, 0.3) is 0 Å². The highest BCUT2D eigenvalue weighted by molar-refractivity contribution is 7.15. The number of benzene rings is 1. The Labute approximate surface area is 149 Å². The van der Waals surface area contributed by atoms with Gasteiger partial charge < -0.3 is 9.88 Å². The predicted octanol–water partition coefficient (Wildman–Crippen LogP) is 3.48. The molecule has 2 N–H and O–H groups in total. The van der Waals surface area contributed by atoms with Crippen molar-refractivity contribution in [2.75, 3.05) is 5.32 Å². The number of hydrogen-bond acceptors (Lipinski definition) is 5. The van der Waals surface area contributed by atoms with Crippen molar-refractivity contribution < 1.29 is 4.79 Å². The van der Waals surface area contributed by atoms with E-state index in [4.69, 9.17) is 0 Å². The molecule has 1 atom stereocenters. The van der Waals surface area contributed by atoms with Gasteiger partial charge in [0.2, 0.25) is 5.13 Å². The van der Waals surface area contributed by atoms with E-state index in [1.54, 1.807) is 12.5 Å². The third-order valence-corrected chi connectivity index (χ3v) is 5.13. The van der Waals surface area contributed by atoms with Crippen molar-refractivity contribution >= 4 is 22.5 Å². The Hall–Kier alpha value is -2.74. The number of nitrogens with zero attached hydrogens (tertiary/aromatic N) is 4. The number of rotatable bonds is 5. The molecular weight excluding hydrogens is 336 g/mol. The van der Waals surface area contributed by atoms with Crippen molar-refractivity contribution in [3.8, 4) is 5.69 Å². The smallest absolute Gasteiger partial charge is 0.321 e. The standard InChI is InChI=1S/C17H18N6OS/c1-11(12-4-6-14(7-5-12)23-9-8-18-10-23)19-16(24)20-17-22-21-15(25-17)13-2-3-13/h4-11,13H,2-3H2,1H3,(H2,19,20,22,24)/t11-/m0/s1. The Morgan fingerprint density at radius 2 is 2.08 bits per heavy atom. The zero-order valence-electron chi connectivity index (χ0n) is 13.7. The summed E-state index contributed by atoms with van der Waals surface area (Å²) >= 11 is 1.45. The molecule has 0 spiro atoms. The molecule has 1 aliphatic rings. The monoisotopic (exact) mass is 354 g/mol. The van der Waals surface area contributed by atoms with Gasteiger partial charge in [-0.15, -0.1) is 10.2 Å². The Kier molecular flexibility index (Phi) is 4.19. The third-order valence-electron chi connectivity index (χ3n) is 4.13. The van der Waals surface area contributed by atoms with E-state index >= 15 is 0 Å². The second kappa shape index (κ2) is 6.64. The number of carbonyl (C=O) groups excluding carboxylic acids is 1. The first-order valence-corrected chi connectivity index (χ1v) is 9.00. The molecule has 1 saturated carbocycles. The predicted molar refractivity (Wildman–Crippen MR) is 96.0 cm³/mol. The maximum Gasteiger partial charge on any atom is 0.321 e. The van der Waals surface area contributed by atoms with Crippen LogP contribution in [0.25, 0.3) is 5.69 Å². The third kappa shape index (κ3) is 3.69. The fourth-order valence-electron chi connectivity index (χ4n) is 2.54. The molecule has 8 heteroatoms. The average molecular weight is 354 g/mol. The Morgan fingerprint density at radius 3 is 2.76 bits per heavy atom. The van der Waals surface area contributed by atoms with E-state index in [-0.39, 0.29) is 12.1 Å². The van der Waals surface area contributed by atoms with Gasteiger partial charge in [-0.3, -0.25) is 5.32 Å². The van der Waals surface area contributed by atoms with Crippen molar-refractivity contribution in [1.82, 2.24) is 25.1 Å². The maximum atomic E-state index is 12.1. The van der Waals surface area contributed by atoms with Gasteiger partial charge in [0.05, 0.1) is 12.4 Å². The van der Waals surface area contributed by atoms with Crippen molar-refractivity contribution in [2.24, 2.45) is 0 Å². The first kappa shape index (κ1) is 15.8. The summed E-state index contributed by atoms with van der Waals surface area (Å²) in [6, 6.07) is 7.60. The molecule has 1 aromatic carbocycles. The fourth-order valence-corrected chi connectivity index (χ4v) is 3.45. The molecule has 128 valence electrons. The number of nitrogens with one attached hydrogen (secondary N) is 2. The summed E-state index contributed by atoms with van der Waals surface area (Å²) in [4.78, 5) is 16.2. The summed E-state index contributed by atoms with van der Waals surface area (Å²) in [6.45, 7) is 1.95. The number of anilines is 1. The molecular formula is C17H18N6OS. The summed E-state index contributed by atoms with van der Waals surface area (Å²) in [5.74, 6) is 0.545. The zero-order valence-corrected chi connectivity index (χ0v) is 14.5. The summed E-state index contributed by atoms with van der Waals surface area (Å²) in [5, 5.41) is 15.4. The molecule has 2 amide bonds. The lowest BCUT2D eigenvalue weighted by molar-refractivity contribution is 0.249. The minimum atomic E-state index is -0.273. The van der Waals surface area contributed by atoms with E-state index in [1.807, 2.05) is 42.0 Å². The van der Waals surface area contributed by atoms with Gasteiger partial charge in [-0.2, -0.15) is 0 Å². The lowest BCUT2D eigenvalue weighted by Crippen LogP contribution is -2.31. The Bertz CT molecular complexity index is 854. The van der Waals surface area contributed by atoms with Gasteiger partial charge in [0.15, 0.2) is 0 Å². The highest BCUT2D eigenvalue weighted by Gasteiger charge is 2.27. The van der Waals surface area contributed by atoms with Gasteiger partial charge in [0.1, 0.15) is 5.01 Å². The van der Waals surface area contributed by atoms with Crippen molar-refractivity contribution in [1.29, 1.82) is 0 Å².